The summed E-state index contributed by atoms with van der Waals surface area (Å²) in [4.78, 5) is 30.6. The normalized spacial score (nSPS) is 18.5. The summed E-state index contributed by atoms with van der Waals surface area (Å²) in [7, 11) is 0. The van der Waals surface area contributed by atoms with Crippen molar-refractivity contribution in [3.05, 3.63) is 29.6 Å². The van der Waals surface area contributed by atoms with E-state index in [4.69, 9.17) is 4.74 Å². The Hall–Kier alpha value is -2.25. The van der Waals surface area contributed by atoms with Crippen LogP contribution in [0, 0.1) is 11.8 Å². The van der Waals surface area contributed by atoms with E-state index in [1.807, 2.05) is 0 Å². The second-order valence-corrected chi connectivity index (χ2v) is 6.74. The van der Waals surface area contributed by atoms with Gasteiger partial charge in [-0.1, -0.05) is 0 Å². The number of hydrogen-bond acceptors (Lipinski definition) is 4. The molecule has 24 heavy (non-hydrogen) atoms. The Kier molecular flexibility index (Phi) is 5.05. The molecule has 132 valence electrons. The van der Waals surface area contributed by atoms with Crippen molar-refractivity contribution in [2.45, 2.75) is 39.3 Å². The van der Waals surface area contributed by atoms with Gasteiger partial charge in [0.05, 0.1) is 5.56 Å². The van der Waals surface area contributed by atoms with Crippen LogP contribution in [0.5, 0.6) is 0 Å². The number of amides is 2. The first kappa shape index (κ1) is 18.1. The lowest BCUT2D eigenvalue weighted by molar-refractivity contribution is 0.00605. The van der Waals surface area contributed by atoms with Gasteiger partial charge in [-0.3, -0.25) is 4.79 Å². The third-order valence-electron chi connectivity index (χ3n) is 3.62. The number of rotatable bonds is 1. The highest BCUT2D eigenvalue weighted by atomic mass is 19.2. The molecule has 0 aromatic carbocycles. The molecule has 1 fully saturated rings. The highest BCUT2D eigenvalue weighted by Gasteiger charge is 2.33. The lowest BCUT2D eigenvalue weighted by Gasteiger charge is -2.40. The molecule has 6 nitrogen and oxygen atoms in total. The summed E-state index contributed by atoms with van der Waals surface area (Å²) in [6, 6.07) is 0.794. The number of carbonyl (C=O) groups is 2. The number of carbonyl (C=O) groups excluding carboxylic acids is 2. The van der Waals surface area contributed by atoms with Crippen LogP contribution in [0.1, 0.15) is 38.1 Å². The summed E-state index contributed by atoms with van der Waals surface area (Å²) < 4.78 is 32.3. The van der Waals surface area contributed by atoms with Gasteiger partial charge in [-0.2, -0.15) is 4.39 Å². The molecule has 0 unspecified atom stereocenters. The fourth-order valence-corrected chi connectivity index (χ4v) is 2.49. The summed E-state index contributed by atoms with van der Waals surface area (Å²) in [6.07, 6.45) is 0.593. The van der Waals surface area contributed by atoms with Crippen LogP contribution in [0.3, 0.4) is 0 Å². The van der Waals surface area contributed by atoms with Crippen LogP contribution in [-0.4, -0.2) is 58.1 Å². The van der Waals surface area contributed by atoms with Crippen molar-refractivity contribution in [3.8, 4) is 0 Å². The molecule has 1 aromatic rings. The van der Waals surface area contributed by atoms with Gasteiger partial charge in [0.1, 0.15) is 5.60 Å². The zero-order valence-corrected chi connectivity index (χ0v) is 14.2. The van der Waals surface area contributed by atoms with E-state index in [-0.39, 0.29) is 31.2 Å². The van der Waals surface area contributed by atoms with Crippen LogP contribution in [0.25, 0.3) is 0 Å². The van der Waals surface area contributed by atoms with Gasteiger partial charge in [0.25, 0.3) is 5.91 Å². The van der Waals surface area contributed by atoms with E-state index in [1.54, 1.807) is 27.7 Å². The smallest absolute Gasteiger partial charge is 0.410 e. The molecule has 0 radical (unpaired) electrons. The number of ether oxygens (including phenoxy) is 1. The Labute approximate surface area is 139 Å². The van der Waals surface area contributed by atoms with Crippen LogP contribution in [0.4, 0.5) is 13.6 Å². The summed E-state index contributed by atoms with van der Waals surface area (Å²) in [6.45, 7) is 7.79. The molecule has 0 saturated carbocycles. The van der Waals surface area contributed by atoms with Gasteiger partial charge < -0.3 is 14.5 Å². The van der Waals surface area contributed by atoms with Gasteiger partial charge in [0.2, 0.25) is 5.95 Å². The Morgan fingerprint density at radius 1 is 1.29 bits per heavy atom. The molecule has 0 bridgehead atoms. The molecule has 1 aliphatic rings. The zero-order valence-electron chi connectivity index (χ0n) is 14.2. The fraction of sp³-hybridized carbons (Fsp3) is 0.562. The van der Waals surface area contributed by atoms with Crippen molar-refractivity contribution < 1.29 is 23.1 Å². The second-order valence-electron chi connectivity index (χ2n) is 6.74. The summed E-state index contributed by atoms with van der Waals surface area (Å²) in [5, 5.41) is 0. The maximum absolute atomic E-state index is 13.8. The zero-order chi connectivity index (χ0) is 18.1. The number of hydrogen-bond donors (Lipinski definition) is 0. The van der Waals surface area contributed by atoms with Crippen LogP contribution in [-0.2, 0) is 4.74 Å². The Bertz CT molecular complexity index is 646. The average molecular weight is 341 g/mol. The van der Waals surface area contributed by atoms with Gasteiger partial charge in [-0.05, 0) is 33.8 Å². The molecule has 2 amide bonds. The second kappa shape index (κ2) is 6.70. The lowest BCUT2D eigenvalue weighted by atomic mass is 10.1. The molecule has 2 heterocycles. The van der Waals surface area contributed by atoms with Crippen molar-refractivity contribution in [1.29, 1.82) is 0 Å². The van der Waals surface area contributed by atoms with E-state index in [0.29, 0.717) is 0 Å². The summed E-state index contributed by atoms with van der Waals surface area (Å²) in [5.74, 6) is -3.18. The van der Waals surface area contributed by atoms with E-state index < -0.39 is 29.4 Å². The maximum Gasteiger partial charge on any atom is 0.410 e. The van der Waals surface area contributed by atoms with Crippen LogP contribution in [0.15, 0.2) is 12.3 Å². The SMILES string of the molecule is C[C@H]1CN(C(=O)OC(C)(C)C)CCN1C(=O)c1ccnc(F)c1F. The van der Waals surface area contributed by atoms with Crippen LogP contribution >= 0.6 is 0 Å². The molecule has 8 heteroatoms. The number of aromatic nitrogens is 1. The quantitative estimate of drug-likeness (QED) is 0.736. The third kappa shape index (κ3) is 3.98. The number of nitrogens with zero attached hydrogens (tertiary/aromatic N) is 3. The number of pyridine rings is 1. The minimum atomic E-state index is -1.30. The standard InChI is InChI=1S/C16H21F2N3O3/c1-10-9-20(15(23)24-16(2,3)4)7-8-21(10)14(22)11-5-6-19-13(18)12(11)17/h5-6,10H,7-9H2,1-4H3/t10-/m0/s1. The maximum atomic E-state index is 13.8. The summed E-state index contributed by atoms with van der Waals surface area (Å²) >= 11 is 0. The highest BCUT2D eigenvalue weighted by molar-refractivity contribution is 5.94. The molecule has 1 aliphatic heterocycles. The Morgan fingerprint density at radius 3 is 2.54 bits per heavy atom. The van der Waals surface area contributed by atoms with E-state index in [2.05, 4.69) is 4.98 Å². The molecule has 0 spiro atoms. The molecule has 2 rings (SSSR count). The predicted molar refractivity (Wildman–Crippen MR) is 82.5 cm³/mol. The van der Waals surface area contributed by atoms with E-state index in [9.17, 15) is 18.4 Å². The number of piperazine rings is 1. The minimum absolute atomic E-state index is 0.211. The van der Waals surface area contributed by atoms with Gasteiger partial charge in [0, 0.05) is 31.9 Å². The minimum Gasteiger partial charge on any atom is -0.444 e. The highest BCUT2D eigenvalue weighted by Crippen LogP contribution is 2.19. The number of halogens is 2. The molecule has 0 N–H and O–H groups in total. The molecular weight excluding hydrogens is 320 g/mol. The Morgan fingerprint density at radius 2 is 1.96 bits per heavy atom. The van der Waals surface area contributed by atoms with Crippen molar-refractivity contribution in [3.63, 3.8) is 0 Å². The fourth-order valence-electron chi connectivity index (χ4n) is 2.49. The first-order valence-electron chi connectivity index (χ1n) is 7.69. The van der Waals surface area contributed by atoms with Crippen LogP contribution < -0.4 is 0 Å². The van der Waals surface area contributed by atoms with Crippen molar-refractivity contribution in [2.75, 3.05) is 19.6 Å². The molecular formula is C16H21F2N3O3. The Balaban J connectivity index is 2.07. The topological polar surface area (TPSA) is 62.7 Å². The largest absolute Gasteiger partial charge is 0.444 e. The third-order valence-corrected chi connectivity index (χ3v) is 3.62. The first-order valence-corrected chi connectivity index (χ1v) is 7.69. The van der Waals surface area contributed by atoms with Gasteiger partial charge in [0.15, 0.2) is 5.82 Å². The van der Waals surface area contributed by atoms with E-state index in [0.717, 1.165) is 12.3 Å². The molecule has 1 atom stereocenters. The average Bonchev–Trinajstić information content (AvgIpc) is 2.47. The van der Waals surface area contributed by atoms with Crippen LogP contribution in [0.2, 0.25) is 0 Å². The van der Waals surface area contributed by atoms with E-state index in [1.165, 1.54) is 9.80 Å². The monoisotopic (exact) mass is 341 g/mol. The van der Waals surface area contributed by atoms with Crippen molar-refractivity contribution >= 4 is 12.0 Å². The predicted octanol–water partition coefficient (Wildman–Crippen LogP) is 2.44. The van der Waals surface area contributed by atoms with Crippen molar-refractivity contribution in [1.82, 2.24) is 14.8 Å². The summed E-state index contributed by atoms with van der Waals surface area (Å²) in [5.41, 5.74) is -0.967. The molecule has 1 saturated heterocycles. The van der Waals surface area contributed by atoms with E-state index >= 15 is 0 Å². The van der Waals surface area contributed by atoms with Gasteiger partial charge in [-0.25, -0.2) is 14.2 Å². The molecule has 0 aliphatic carbocycles. The molecule has 1 aromatic heterocycles. The lowest BCUT2D eigenvalue weighted by Crippen LogP contribution is -2.56. The first-order chi connectivity index (χ1) is 11.1. The van der Waals surface area contributed by atoms with Gasteiger partial charge in [-0.15, -0.1) is 0 Å². The van der Waals surface area contributed by atoms with Crippen molar-refractivity contribution in [2.24, 2.45) is 0 Å². The van der Waals surface area contributed by atoms with Gasteiger partial charge >= 0.3 is 6.09 Å².